The Labute approximate surface area is 427 Å². The monoisotopic (exact) mass is 934 g/mol. The molecule has 0 spiro atoms. The maximum atomic E-state index is 2.87. The number of anilines is 8. The van der Waals surface area contributed by atoms with Gasteiger partial charge in [-0.25, -0.2) is 0 Å². The molecule has 3 nitrogen and oxygen atoms in total. The van der Waals surface area contributed by atoms with Crippen LogP contribution in [0, 0.1) is 0 Å². The maximum absolute atomic E-state index is 2.87. The van der Waals surface area contributed by atoms with Gasteiger partial charge in [-0.3, -0.25) is 0 Å². The second-order valence-corrected chi connectivity index (χ2v) is 23.7. The molecule has 0 amide bonds. The average molecular weight is 934 g/mol. The molecule has 9 aromatic carbocycles. The molecule has 0 radical (unpaired) electrons. The van der Waals surface area contributed by atoms with E-state index in [0.29, 0.717) is 0 Å². The maximum Gasteiger partial charge on any atom is 0.252 e. The Hall–Kier alpha value is -7.30. The number of para-hydroxylation sites is 2. The van der Waals surface area contributed by atoms with Gasteiger partial charge in [0.1, 0.15) is 0 Å². The molecule has 72 heavy (non-hydrogen) atoms. The van der Waals surface area contributed by atoms with E-state index in [1.54, 1.807) is 0 Å². The fourth-order valence-electron chi connectivity index (χ4n) is 13.5. The summed E-state index contributed by atoms with van der Waals surface area (Å²) in [7, 11) is 0. The lowest BCUT2D eigenvalue weighted by Gasteiger charge is -2.53. The number of hydrogen-bond donors (Lipinski definition) is 0. The van der Waals surface area contributed by atoms with Gasteiger partial charge in [-0.2, -0.15) is 0 Å². The first-order valence-corrected chi connectivity index (χ1v) is 26.4. The third kappa shape index (κ3) is 6.63. The Morgan fingerprint density at radius 2 is 1.15 bits per heavy atom. The molecule has 0 N–H and O–H groups in total. The van der Waals surface area contributed by atoms with Crippen LogP contribution >= 0.6 is 0 Å². The van der Waals surface area contributed by atoms with Crippen molar-refractivity contribution in [1.82, 2.24) is 0 Å². The molecule has 1 fully saturated rings. The molecule has 13 rings (SSSR count). The van der Waals surface area contributed by atoms with E-state index in [2.05, 4.69) is 264 Å². The van der Waals surface area contributed by atoms with Crippen LogP contribution in [0.5, 0.6) is 0 Å². The normalized spacial score (nSPS) is 18.6. The zero-order chi connectivity index (χ0) is 49.3. The summed E-state index contributed by atoms with van der Waals surface area (Å²) in [6, 6.07) is 73.9. The number of benzene rings is 9. The molecule has 354 valence electrons. The number of nitrogens with zero attached hydrogens (tertiary/aromatic N) is 3. The quantitative estimate of drug-likeness (QED) is 0.154. The number of rotatable bonds is 6. The molecule has 1 saturated carbocycles. The van der Waals surface area contributed by atoms with Gasteiger partial charge in [-0.15, -0.1) is 0 Å². The highest BCUT2D eigenvalue weighted by Crippen LogP contribution is 2.62. The van der Waals surface area contributed by atoms with Crippen LogP contribution < -0.4 is 31.1 Å². The van der Waals surface area contributed by atoms with Crippen molar-refractivity contribution in [2.24, 2.45) is 0 Å². The zero-order valence-electron chi connectivity index (χ0n) is 43.2. The highest BCUT2D eigenvalue weighted by Gasteiger charge is 2.61. The van der Waals surface area contributed by atoms with E-state index in [4.69, 9.17) is 0 Å². The molecule has 0 aromatic heterocycles. The molecule has 0 bridgehead atoms. The van der Waals surface area contributed by atoms with Gasteiger partial charge >= 0.3 is 0 Å². The van der Waals surface area contributed by atoms with Crippen molar-refractivity contribution in [2.75, 3.05) is 14.7 Å². The third-order valence-corrected chi connectivity index (χ3v) is 17.5. The van der Waals surface area contributed by atoms with Gasteiger partial charge < -0.3 is 14.7 Å². The Bertz CT molecular complexity index is 3610. The van der Waals surface area contributed by atoms with Gasteiger partial charge in [-0.05, 0) is 146 Å². The van der Waals surface area contributed by atoms with Crippen molar-refractivity contribution >= 4 is 79.4 Å². The molecule has 2 atom stereocenters. The van der Waals surface area contributed by atoms with Gasteiger partial charge in [0.05, 0.1) is 11.2 Å². The Balaban J connectivity index is 1.10. The molecular formula is C68H64BN3. The minimum absolute atomic E-state index is 0.0222. The first-order chi connectivity index (χ1) is 34.7. The van der Waals surface area contributed by atoms with Crippen molar-refractivity contribution in [1.29, 1.82) is 0 Å². The van der Waals surface area contributed by atoms with Crippen LogP contribution in [-0.4, -0.2) is 12.3 Å². The molecule has 0 saturated heterocycles. The van der Waals surface area contributed by atoms with Crippen molar-refractivity contribution in [3.05, 3.63) is 211 Å². The minimum Gasteiger partial charge on any atom is -0.335 e. The van der Waals surface area contributed by atoms with Crippen LogP contribution in [0.15, 0.2) is 194 Å². The standard InChI is InChI=1S/C68H64BN3/c1-65(2,3)48-33-35-50(36-34-48)71-60-44-52(70(59-32-15-14-28-55(59)46-21-10-9-11-22-46)51-26-18-25-47(41-51)54-29-19-24-45-23-12-13-27-53(45)54)37-38-57(60)69-58-31-20-30-56-64(58)72(68(8)40-17-16-39-67(56,68)7)62-43-49(66(4,5)6)42-61(71)63(62)69/h9-15,18-38,41-44H,16-17,39-40H2,1-8H3. The van der Waals surface area contributed by atoms with Crippen molar-refractivity contribution < 1.29 is 0 Å². The van der Waals surface area contributed by atoms with Crippen LogP contribution in [0.1, 0.15) is 97.8 Å². The lowest BCUT2D eigenvalue weighted by Crippen LogP contribution is -2.64. The van der Waals surface area contributed by atoms with Crippen molar-refractivity contribution in [3.8, 4) is 22.3 Å². The summed E-state index contributed by atoms with van der Waals surface area (Å²) in [6.07, 6.45) is 4.90. The van der Waals surface area contributed by atoms with Crippen LogP contribution in [0.25, 0.3) is 33.0 Å². The molecule has 3 aliphatic heterocycles. The van der Waals surface area contributed by atoms with E-state index in [0.717, 1.165) is 17.1 Å². The summed E-state index contributed by atoms with van der Waals surface area (Å²) < 4.78 is 0. The summed E-state index contributed by atoms with van der Waals surface area (Å²) in [5.41, 5.74) is 23.0. The molecular weight excluding hydrogens is 870 g/mol. The van der Waals surface area contributed by atoms with Crippen LogP contribution in [0.3, 0.4) is 0 Å². The van der Waals surface area contributed by atoms with Crippen molar-refractivity contribution in [3.63, 3.8) is 0 Å². The van der Waals surface area contributed by atoms with E-state index in [-0.39, 0.29) is 28.5 Å². The molecule has 9 aromatic rings. The van der Waals surface area contributed by atoms with E-state index < -0.39 is 0 Å². The third-order valence-electron chi connectivity index (χ3n) is 17.5. The molecule has 4 aliphatic rings. The second-order valence-electron chi connectivity index (χ2n) is 23.7. The van der Waals surface area contributed by atoms with E-state index in [9.17, 15) is 0 Å². The molecule has 2 unspecified atom stereocenters. The Morgan fingerprint density at radius 1 is 0.500 bits per heavy atom. The number of fused-ring (bicyclic) bond motifs is 8. The lowest BCUT2D eigenvalue weighted by atomic mass is 9.33. The smallest absolute Gasteiger partial charge is 0.252 e. The topological polar surface area (TPSA) is 9.72 Å². The van der Waals surface area contributed by atoms with Gasteiger partial charge in [0.15, 0.2) is 0 Å². The fraction of sp³-hybridized carbons (Fsp3) is 0.235. The Kier molecular flexibility index (Phi) is 9.98. The Morgan fingerprint density at radius 3 is 1.96 bits per heavy atom. The van der Waals surface area contributed by atoms with E-state index in [1.165, 1.54) is 120 Å². The fourth-order valence-corrected chi connectivity index (χ4v) is 13.5. The van der Waals surface area contributed by atoms with Crippen LogP contribution in [0.2, 0.25) is 0 Å². The predicted octanol–water partition coefficient (Wildman–Crippen LogP) is 16.6. The first-order valence-electron chi connectivity index (χ1n) is 26.4. The SMILES string of the molecule is CC(C)(C)c1ccc(N2c3cc(N(c4cccc(-c5cccc6ccccc56)c4)c4ccccc4-c4ccccc4)ccc3B3c4cccc5c4N(c4cc(C(C)(C)C)cc2c43)C2(C)CCCCC52C)cc1. The highest BCUT2D eigenvalue weighted by molar-refractivity contribution is 7.00. The second kappa shape index (κ2) is 16.1. The summed E-state index contributed by atoms with van der Waals surface area (Å²) in [5.74, 6) is 0. The molecule has 3 heterocycles. The summed E-state index contributed by atoms with van der Waals surface area (Å²) in [6.45, 7) is 19.4. The van der Waals surface area contributed by atoms with Crippen molar-refractivity contribution in [2.45, 2.75) is 103 Å². The first kappa shape index (κ1) is 44.6. The lowest BCUT2D eigenvalue weighted by molar-refractivity contribution is 0.195. The summed E-state index contributed by atoms with van der Waals surface area (Å²) >= 11 is 0. The van der Waals surface area contributed by atoms with E-state index >= 15 is 0 Å². The van der Waals surface area contributed by atoms with Crippen LogP contribution in [0.4, 0.5) is 45.5 Å². The zero-order valence-corrected chi connectivity index (χ0v) is 43.2. The van der Waals surface area contributed by atoms with Gasteiger partial charge in [0, 0.05) is 50.8 Å². The number of hydrogen-bond acceptors (Lipinski definition) is 3. The highest BCUT2D eigenvalue weighted by atomic mass is 15.3. The largest absolute Gasteiger partial charge is 0.335 e. The van der Waals surface area contributed by atoms with Gasteiger partial charge in [0.25, 0.3) is 6.71 Å². The summed E-state index contributed by atoms with van der Waals surface area (Å²) in [5, 5.41) is 2.50. The van der Waals surface area contributed by atoms with Crippen LogP contribution in [-0.2, 0) is 16.2 Å². The van der Waals surface area contributed by atoms with Gasteiger partial charge in [0.2, 0.25) is 0 Å². The summed E-state index contributed by atoms with van der Waals surface area (Å²) in [4.78, 5) is 8.02. The van der Waals surface area contributed by atoms with Gasteiger partial charge in [-0.1, -0.05) is 201 Å². The predicted molar refractivity (Wildman–Crippen MR) is 309 cm³/mol. The molecule has 4 heteroatoms. The minimum atomic E-state index is -0.0890. The molecule has 1 aliphatic carbocycles. The van der Waals surface area contributed by atoms with E-state index in [1.807, 2.05) is 0 Å². The average Bonchev–Trinajstić information content (AvgIpc) is 3.60.